The van der Waals surface area contributed by atoms with Gasteiger partial charge in [-0.25, -0.2) is 0 Å². The fourth-order valence-corrected chi connectivity index (χ4v) is 2.07. The molecule has 1 heterocycles. The molecule has 0 fully saturated rings. The molecular formula is C14H14Cl2N2O2. The van der Waals surface area contributed by atoms with Gasteiger partial charge < -0.3 is 14.8 Å². The van der Waals surface area contributed by atoms with Gasteiger partial charge in [0.05, 0.1) is 11.6 Å². The number of aromatic nitrogens is 1. The summed E-state index contributed by atoms with van der Waals surface area (Å²) in [5.74, 6) is 2.21. The molecule has 0 saturated carbocycles. The zero-order chi connectivity index (χ0) is 14.5. The minimum atomic E-state index is 0.296. The molecule has 2 rings (SSSR count). The third-order valence-electron chi connectivity index (χ3n) is 2.48. The number of hydrogen-bond donors (Lipinski definition) is 1. The first-order chi connectivity index (χ1) is 9.63. The summed E-state index contributed by atoms with van der Waals surface area (Å²) in [5, 5.41) is 3.66. The second-order valence-corrected chi connectivity index (χ2v) is 4.68. The molecule has 4 nitrogen and oxygen atoms in total. The van der Waals surface area contributed by atoms with Gasteiger partial charge in [0.25, 0.3) is 0 Å². The minimum Gasteiger partial charge on any atom is -0.494 e. The average molecular weight is 313 g/mol. The Hall–Kier alpha value is -1.65. The number of ether oxygens (including phenoxy) is 2. The largest absolute Gasteiger partial charge is 0.494 e. The van der Waals surface area contributed by atoms with E-state index in [9.17, 15) is 0 Å². The van der Waals surface area contributed by atoms with Crippen LogP contribution in [0.25, 0.3) is 0 Å². The molecule has 2 aromatic rings. The van der Waals surface area contributed by atoms with E-state index in [0.29, 0.717) is 34.1 Å². The van der Waals surface area contributed by atoms with Crippen LogP contribution >= 0.6 is 23.2 Å². The summed E-state index contributed by atoms with van der Waals surface area (Å²) in [5.41, 5.74) is 0. The number of nitrogens with one attached hydrogen (secondary N) is 1. The van der Waals surface area contributed by atoms with Gasteiger partial charge in [-0.3, -0.25) is 0 Å². The lowest BCUT2D eigenvalue weighted by atomic mass is 10.3. The molecule has 1 aromatic carbocycles. The Morgan fingerprint density at radius 3 is 2.35 bits per heavy atom. The van der Waals surface area contributed by atoms with E-state index >= 15 is 0 Å². The summed E-state index contributed by atoms with van der Waals surface area (Å²) in [6, 6.07) is 8.81. The summed E-state index contributed by atoms with van der Waals surface area (Å²) < 4.78 is 11.0. The topological polar surface area (TPSA) is 43.4 Å². The molecule has 0 saturated heterocycles. The molecule has 0 aliphatic carbocycles. The first kappa shape index (κ1) is 14.8. The number of halogens is 2. The molecule has 20 heavy (non-hydrogen) atoms. The van der Waals surface area contributed by atoms with Crippen molar-refractivity contribution in [2.75, 3.05) is 19.0 Å². The van der Waals surface area contributed by atoms with Crippen molar-refractivity contribution in [3.8, 4) is 17.4 Å². The smallest absolute Gasteiger partial charge is 0.240 e. The summed E-state index contributed by atoms with van der Waals surface area (Å²) in [6.45, 7) is 2.55. The van der Waals surface area contributed by atoms with Crippen molar-refractivity contribution < 1.29 is 9.47 Å². The molecule has 1 aromatic heterocycles. The van der Waals surface area contributed by atoms with Crippen molar-refractivity contribution in [1.82, 2.24) is 4.98 Å². The van der Waals surface area contributed by atoms with Crippen LogP contribution < -0.4 is 14.8 Å². The number of rotatable bonds is 5. The molecule has 106 valence electrons. The van der Waals surface area contributed by atoms with Gasteiger partial charge in [-0.15, -0.1) is 0 Å². The Morgan fingerprint density at radius 2 is 1.75 bits per heavy atom. The van der Waals surface area contributed by atoms with Crippen molar-refractivity contribution in [2.24, 2.45) is 0 Å². The lowest BCUT2D eigenvalue weighted by molar-refractivity contribution is 0.339. The van der Waals surface area contributed by atoms with Crippen molar-refractivity contribution in [3.05, 3.63) is 40.4 Å². The summed E-state index contributed by atoms with van der Waals surface area (Å²) in [6.07, 6.45) is 0. The van der Waals surface area contributed by atoms with Gasteiger partial charge in [-0.2, -0.15) is 4.98 Å². The predicted molar refractivity (Wildman–Crippen MR) is 81.5 cm³/mol. The van der Waals surface area contributed by atoms with E-state index in [1.54, 1.807) is 25.2 Å². The Kier molecular flexibility index (Phi) is 4.93. The second-order valence-electron chi connectivity index (χ2n) is 3.86. The van der Waals surface area contributed by atoms with Gasteiger partial charge >= 0.3 is 0 Å². The van der Waals surface area contributed by atoms with E-state index in [2.05, 4.69) is 10.3 Å². The SMILES string of the molecule is CCOc1ccc(Oc2nc(NC)c(Cl)cc2Cl)cc1. The molecule has 0 atom stereocenters. The maximum absolute atomic E-state index is 6.06. The number of pyridine rings is 1. The number of hydrogen-bond acceptors (Lipinski definition) is 4. The molecule has 0 spiro atoms. The van der Waals surface area contributed by atoms with E-state index in [-0.39, 0.29) is 0 Å². The third-order valence-corrected chi connectivity index (χ3v) is 3.04. The maximum Gasteiger partial charge on any atom is 0.240 e. The van der Waals surface area contributed by atoms with Crippen LogP contribution in [0.1, 0.15) is 6.92 Å². The molecular weight excluding hydrogens is 299 g/mol. The number of benzene rings is 1. The highest BCUT2D eigenvalue weighted by Crippen LogP contribution is 2.33. The van der Waals surface area contributed by atoms with Crippen LogP contribution in [0.2, 0.25) is 10.0 Å². The van der Waals surface area contributed by atoms with Crippen LogP contribution in [-0.4, -0.2) is 18.6 Å². The Labute approximate surface area is 127 Å². The van der Waals surface area contributed by atoms with Gasteiger partial charge in [-0.05, 0) is 37.3 Å². The quantitative estimate of drug-likeness (QED) is 0.874. The highest BCUT2D eigenvalue weighted by Gasteiger charge is 2.10. The van der Waals surface area contributed by atoms with Gasteiger partial charge in [0, 0.05) is 7.05 Å². The Bertz CT molecular complexity index is 588. The zero-order valence-corrected chi connectivity index (χ0v) is 12.6. The summed E-state index contributed by atoms with van der Waals surface area (Å²) in [7, 11) is 1.72. The fraction of sp³-hybridized carbons (Fsp3) is 0.214. The molecule has 6 heteroatoms. The molecule has 0 unspecified atom stereocenters. The predicted octanol–water partition coefficient (Wildman–Crippen LogP) is 4.62. The molecule has 0 aliphatic rings. The van der Waals surface area contributed by atoms with Crippen LogP contribution in [0.4, 0.5) is 5.82 Å². The second kappa shape index (κ2) is 6.68. The first-order valence-corrected chi connectivity index (χ1v) is 6.84. The number of nitrogens with zero attached hydrogens (tertiary/aromatic N) is 1. The van der Waals surface area contributed by atoms with Gasteiger partial charge in [0.2, 0.25) is 5.88 Å². The normalized spacial score (nSPS) is 10.2. The maximum atomic E-state index is 6.06. The highest BCUT2D eigenvalue weighted by atomic mass is 35.5. The van der Waals surface area contributed by atoms with E-state index in [4.69, 9.17) is 32.7 Å². The zero-order valence-electron chi connectivity index (χ0n) is 11.1. The van der Waals surface area contributed by atoms with Gasteiger partial charge in [0.15, 0.2) is 0 Å². The fourth-order valence-electron chi connectivity index (χ4n) is 1.58. The molecule has 0 amide bonds. The van der Waals surface area contributed by atoms with Crippen molar-refractivity contribution in [1.29, 1.82) is 0 Å². The van der Waals surface area contributed by atoms with Crippen LogP contribution in [0.5, 0.6) is 17.4 Å². The highest BCUT2D eigenvalue weighted by molar-refractivity contribution is 6.36. The average Bonchev–Trinajstić information content (AvgIpc) is 2.44. The summed E-state index contributed by atoms with van der Waals surface area (Å²) in [4.78, 5) is 4.22. The lowest BCUT2D eigenvalue weighted by Gasteiger charge is -2.10. The van der Waals surface area contributed by atoms with Crippen LogP contribution in [0, 0.1) is 0 Å². The molecule has 0 radical (unpaired) electrons. The van der Waals surface area contributed by atoms with Crippen molar-refractivity contribution in [2.45, 2.75) is 6.92 Å². The van der Waals surface area contributed by atoms with Crippen molar-refractivity contribution in [3.63, 3.8) is 0 Å². The molecule has 0 bridgehead atoms. The van der Waals surface area contributed by atoms with Crippen LogP contribution in [-0.2, 0) is 0 Å². The lowest BCUT2D eigenvalue weighted by Crippen LogP contribution is -1.97. The first-order valence-electron chi connectivity index (χ1n) is 6.08. The van der Waals surface area contributed by atoms with E-state index in [1.807, 2.05) is 19.1 Å². The van der Waals surface area contributed by atoms with Crippen LogP contribution in [0.15, 0.2) is 30.3 Å². The van der Waals surface area contributed by atoms with Gasteiger partial charge in [-0.1, -0.05) is 23.2 Å². The van der Waals surface area contributed by atoms with E-state index in [1.165, 1.54) is 0 Å². The van der Waals surface area contributed by atoms with E-state index in [0.717, 1.165) is 5.75 Å². The summed E-state index contributed by atoms with van der Waals surface area (Å²) >= 11 is 12.0. The Morgan fingerprint density at radius 1 is 1.10 bits per heavy atom. The molecule has 1 N–H and O–H groups in total. The molecule has 0 aliphatic heterocycles. The number of anilines is 1. The van der Waals surface area contributed by atoms with Crippen molar-refractivity contribution >= 4 is 29.0 Å². The third kappa shape index (κ3) is 3.46. The minimum absolute atomic E-state index is 0.296. The van der Waals surface area contributed by atoms with Gasteiger partial charge in [0.1, 0.15) is 22.3 Å². The monoisotopic (exact) mass is 312 g/mol. The standard InChI is InChI=1S/C14H14Cl2N2O2/c1-3-19-9-4-6-10(7-5-9)20-14-12(16)8-11(15)13(17-2)18-14/h4-8H,3H2,1-2H3,(H,17,18). The Balaban J connectivity index is 2.21. The van der Waals surface area contributed by atoms with Crippen LogP contribution in [0.3, 0.4) is 0 Å². The van der Waals surface area contributed by atoms with E-state index < -0.39 is 0 Å².